The molecule has 0 fully saturated rings. The van der Waals surface area contributed by atoms with Crippen LogP contribution in [-0.4, -0.2) is 37.2 Å². The Labute approximate surface area is 428 Å². The lowest BCUT2D eigenvalue weighted by Crippen LogP contribution is -2.30. The number of esters is 3. The molecule has 0 aliphatic heterocycles. The van der Waals surface area contributed by atoms with Crippen LogP contribution in [0.4, 0.5) is 0 Å². The lowest BCUT2D eigenvalue weighted by molar-refractivity contribution is -0.167. The van der Waals surface area contributed by atoms with Crippen molar-refractivity contribution in [3.63, 3.8) is 0 Å². The first-order chi connectivity index (χ1) is 34.0. The standard InChI is InChI=1S/C63H114O6/c1-4-7-10-13-16-19-21-23-25-27-29-30-31-32-34-35-37-39-41-44-47-50-53-56-62(65)68-59-60(58-67-61(64)55-52-49-46-43-18-15-12-9-6-3)69-63(66)57-54-51-48-45-42-40-38-36-33-28-26-24-22-20-17-14-11-8-5-2/h17,20,24,26-27,29,33,36,60H,4-16,18-19,21-23,25,28,30-32,34-35,37-59H2,1-3H3/b20-17-,26-24-,29-27-,36-33-. The summed E-state index contributed by atoms with van der Waals surface area (Å²) in [6.45, 7) is 6.62. The second-order valence-corrected chi connectivity index (χ2v) is 20.3. The molecule has 0 aromatic heterocycles. The predicted molar refractivity (Wildman–Crippen MR) is 298 cm³/mol. The Balaban J connectivity index is 4.24. The third-order valence-electron chi connectivity index (χ3n) is 13.3. The third-order valence-corrected chi connectivity index (χ3v) is 13.3. The number of carbonyl (C=O) groups excluding carboxylic acids is 3. The van der Waals surface area contributed by atoms with Crippen LogP contribution in [0.2, 0.25) is 0 Å². The van der Waals surface area contributed by atoms with Crippen molar-refractivity contribution in [2.24, 2.45) is 0 Å². The van der Waals surface area contributed by atoms with Crippen molar-refractivity contribution in [1.29, 1.82) is 0 Å². The molecule has 0 aromatic carbocycles. The van der Waals surface area contributed by atoms with Crippen LogP contribution >= 0.6 is 0 Å². The summed E-state index contributed by atoms with van der Waals surface area (Å²) in [5.41, 5.74) is 0. The van der Waals surface area contributed by atoms with Gasteiger partial charge < -0.3 is 14.2 Å². The quantitative estimate of drug-likeness (QED) is 0.0262. The highest BCUT2D eigenvalue weighted by Gasteiger charge is 2.19. The van der Waals surface area contributed by atoms with Crippen LogP contribution in [0.1, 0.15) is 316 Å². The van der Waals surface area contributed by atoms with E-state index in [2.05, 4.69) is 69.4 Å². The Hall–Kier alpha value is -2.63. The number of rotatable bonds is 55. The molecule has 402 valence electrons. The van der Waals surface area contributed by atoms with Crippen LogP contribution in [0.5, 0.6) is 0 Å². The summed E-state index contributed by atoms with van der Waals surface area (Å²) in [7, 11) is 0. The van der Waals surface area contributed by atoms with Gasteiger partial charge in [-0.25, -0.2) is 0 Å². The van der Waals surface area contributed by atoms with Gasteiger partial charge in [0.2, 0.25) is 0 Å². The SMILES string of the molecule is CCCCC/C=C\C/C=C\C/C=C\CCCCCCCCC(=O)OC(COC(=O)CCCCCCCCCCC)COC(=O)CCCCCCCCCCCCC/C=C\CCCCCCCCCC. The largest absolute Gasteiger partial charge is 0.462 e. The minimum atomic E-state index is -0.777. The van der Waals surface area contributed by atoms with Crippen molar-refractivity contribution < 1.29 is 28.6 Å². The Bertz CT molecular complexity index is 1200. The molecule has 0 aliphatic rings. The molecule has 6 nitrogen and oxygen atoms in total. The van der Waals surface area contributed by atoms with Crippen LogP contribution in [0.15, 0.2) is 48.6 Å². The van der Waals surface area contributed by atoms with Crippen molar-refractivity contribution in [2.75, 3.05) is 13.2 Å². The van der Waals surface area contributed by atoms with Gasteiger partial charge in [0.1, 0.15) is 13.2 Å². The van der Waals surface area contributed by atoms with Gasteiger partial charge in [0.15, 0.2) is 6.10 Å². The summed E-state index contributed by atoms with van der Waals surface area (Å²) in [6, 6.07) is 0. The minimum Gasteiger partial charge on any atom is -0.462 e. The van der Waals surface area contributed by atoms with E-state index in [9.17, 15) is 14.4 Å². The van der Waals surface area contributed by atoms with Gasteiger partial charge in [0, 0.05) is 19.3 Å². The second kappa shape index (κ2) is 57.9. The van der Waals surface area contributed by atoms with E-state index in [-0.39, 0.29) is 31.1 Å². The molecule has 0 aromatic rings. The molecule has 6 heteroatoms. The molecule has 0 bridgehead atoms. The molecule has 0 rings (SSSR count). The van der Waals surface area contributed by atoms with Gasteiger partial charge in [-0.2, -0.15) is 0 Å². The zero-order valence-corrected chi connectivity index (χ0v) is 46.1. The number of hydrogen-bond donors (Lipinski definition) is 0. The normalized spacial score (nSPS) is 12.3. The van der Waals surface area contributed by atoms with Gasteiger partial charge in [-0.1, -0.05) is 262 Å². The number of hydrogen-bond acceptors (Lipinski definition) is 6. The molecule has 69 heavy (non-hydrogen) atoms. The van der Waals surface area contributed by atoms with E-state index >= 15 is 0 Å². The van der Waals surface area contributed by atoms with Crippen molar-refractivity contribution in [2.45, 2.75) is 322 Å². The highest BCUT2D eigenvalue weighted by atomic mass is 16.6. The van der Waals surface area contributed by atoms with Crippen molar-refractivity contribution in [1.82, 2.24) is 0 Å². The molecule has 0 saturated carbocycles. The number of unbranched alkanes of at least 4 members (excludes halogenated alkanes) is 36. The van der Waals surface area contributed by atoms with E-state index < -0.39 is 6.10 Å². The number of carbonyl (C=O) groups is 3. The van der Waals surface area contributed by atoms with Gasteiger partial charge in [0.05, 0.1) is 0 Å². The fraction of sp³-hybridized carbons (Fsp3) is 0.825. The molecule has 1 unspecified atom stereocenters. The summed E-state index contributed by atoms with van der Waals surface area (Å²) in [4.78, 5) is 38.1. The van der Waals surface area contributed by atoms with Gasteiger partial charge in [-0.05, 0) is 83.5 Å². The van der Waals surface area contributed by atoms with Crippen molar-refractivity contribution in [3.05, 3.63) is 48.6 Å². The van der Waals surface area contributed by atoms with E-state index in [1.54, 1.807) is 0 Å². The highest BCUT2D eigenvalue weighted by molar-refractivity contribution is 5.71. The first kappa shape index (κ1) is 66.4. The first-order valence-corrected chi connectivity index (χ1v) is 30.1. The molecule has 0 amide bonds. The summed E-state index contributed by atoms with van der Waals surface area (Å²) < 4.78 is 16.8. The summed E-state index contributed by atoms with van der Waals surface area (Å²) >= 11 is 0. The summed E-state index contributed by atoms with van der Waals surface area (Å²) in [5.74, 6) is -0.878. The molecule has 0 radical (unpaired) electrons. The van der Waals surface area contributed by atoms with E-state index in [1.165, 1.54) is 199 Å². The number of allylic oxidation sites excluding steroid dienone is 8. The lowest BCUT2D eigenvalue weighted by atomic mass is 10.0. The Morgan fingerprint density at radius 1 is 0.290 bits per heavy atom. The molecule has 0 spiro atoms. The maximum Gasteiger partial charge on any atom is 0.306 e. The maximum atomic E-state index is 12.8. The van der Waals surface area contributed by atoms with Crippen LogP contribution in [0, 0.1) is 0 Å². The minimum absolute atomic E-state index is 0.0761. The maximum absolute atomic E-state index is 12.8. The molecule has 0 aliphatic carbocycles. The Morgan fingerprint density at radius 2 is 0.522 bits per heavy atom. The molecule has 0 N–H and O–H groups in total. The third kappa shape index (κ3) is 56.2. The lowest BCUT2D eigenvalue weighted by Gasteiger charge is -2.18. The van der Waals surface area contributed by atoms with Gasteiger partial charge in [-0.15, -0.1) is 0 Å². The van der Waals surface area contributed by atoms with Crippen LogP contribution < -0.4 is 0 Å². The van der Waals surface area contributed by atoms with Gasteiger partial charge in [0.25, 0.3) is 0 Å². The second-order valence-electron chi connectivity index (χ2n) is 20.3. The molecule has 0 saturated heterocycles. The van der Waals surface area contributed by atoms with Crippen molar-refractivity contribution in [3.8, 4) is 0 Å². The molecule has 1 atom stereocenters. The van der Waals surface area contributed by atoms with E-state index in [0.717, 1.165) is 77.0 Å². The fourth-order valence-corrected chi connectivity index (χ4v) is 8.74. The van der Waals surface area contributed by atoms with Gasteiger partial charge in [-0.3, -0.25) is 14.4 Å². The van der Waals surface area contributed by atoms with Crippen LogP contribution in [-0.2, 0) is 28.6 Å². The molecule has 0 heterocycles. The first-order valence-electron chi connectivity index (χ1n) is 30.1. The van der Waals surface area contributed by atoms with Crippen LogP contribution in [0.25, 0.3) is 0 Å². The topological polar surface area (TPSA) is 78.9 Å². The fourth-order valence-electron chi connectivity index (χ4n) is 8.74. The van der Waals surface area contributed by atoms with E-state index in [1.807, 2.05) is 0 Å². The Kier molecular flexibility index (Phi) is 55.7. The zero-order chi connectivity index (χ0) is 50.0. The highest BCUT2D eigenvalue weighted by Crippen LogP contribution is 2.16. The van der Waals surface area contributed by atoms with Crippen molar-refractivity contribution >= 4 is 17.9 Å². The van der Waals surface area contributed by atoms with E-state index in [4.69, 9.17) is 14.2 Å². The Morgan fingerprint density at radius 3 is 0.855 bits per heavy atom. The molecular formula is C63H114O6. The van der Waals surface area contributed by atoms with Crippen LogP contribution in [0.3, 0.4) is 0 Å². The van der Waals surface area contributed by atoms with Gasteiger partial charge >= 0.3 is 17.9 Å². The predicted octanol–water partition coefficient (Wildman–Crippen LogP) is 20.2. The summed E-state index contributed by atoms with van der Waals surface area (Å²) in [6.07, 6.45) is 71.2. The zero-order valence-electron chi connectivity index (χ0n) is 46.1. The summed E-state index contributed by atoms with van der Waals surface area (Å²) in [5, 5.41) is 0. The average Bonchev–Trinajstić information content (AvgIpc) is 3.35. The smallest absolute Gasteiger partial charge is 0.306 e. The number of ether oxygens (including phenoxy) is 3. The van der Waals surface area contributed by atoms with E-state index in [0.29, 0.717) is 19.3 Å². The average molecular weight is 968 g/mol. The molecular weight excluding hydrogens is 853 g/mol. The monoisotopic (exact) mass is 967 g/mol.